The van der Waals surface area contributed by atoms with Gasteiger partial charge in [0, 0.05) is 12.3 Å². The van der Waals surface area contributed by atoms with Crippen molar-refractivity contribution in [3.8, 4) is 11.5 Å². The van der Waals surface area contributed by atoms with Crippen LogP contribution in [0.1, 0.15) is 0 Å². The quantitative estimate of drug-likeness (QED) is 0.493. The number of nitro groups is 1. The Balaban J connectivity index is 2.05. The van der Waals surface area contributed by atoms with Crippen molar-refractivity contribution < 1.29 is 19.2 Å². The van der Waals surface area contributed by atoms with Crippen molar-refractivity contribution in [3.05, 3.63) is 51.8 Å². The van der Waals surface area contributed by atoms with E-state index in [1.165, 1.54) is 31.5 Å². The van der Waals surface area contributed by atoms with Crippen LogP contribution in [0.5, 0.6) is 11.5 Å². The van der Waals surface area contributed by atoms with Crippen LogP contribution in [-0.2, 0) is 4.79 Å². The predicted octanol–water partition coefficient (Wildman–Crippen LogP) is 2.67. The number of nitrogens with zero attached hydrogens (tertiary/aromatic N) is 2. The van der Waals surface area contributed by atoms with Gasteiger partial charge in [-0.15, -0.1) is 0 Å². The van der Waals surface area contributed by atoms with Gasteiger partial charge < -0.3 is 14.8 Å². The molecule has 1 heterocycles. The molecule has 1 aromatic heterocycles. The Kier molecular flexibility index (Phi) is 5.32. The number of pyridine rings is 1. The summed E-state index contributed by atoms with van der Waals surface area (Å²) in [7, 11) is 1.39. The normalized spacial score (nSPS) is 10.0. The molecule has 0 aliphatic carbocycles. The fourth-order valence-electron chi connectivity index (χ4n) is 1.70. The van der Waals surface area contributed by atoms with E-state index in [0.29, 0.717) is 5.69 Å². The number of nitrogens with one attached hydrogen (secondary N) is 1. The fourth-order valence-corrected chi connectivity index (χ4v) is 1.87. The number of carbonyl (C=O) groups is 1. The first-order chi connectivity index (χ1) is 11.0. The molecule has 0 atom stereocenters. The largest absolute Gasteiger partial charge is 0.493 e. The Morgan fingerprint density at radius 2 is 2.17 bits per heavy atom. The summed E-state index contributed by atoms with van der Waals surface area (Å²) in [6.45, 7) is -0.372. The summed E-state index contributed by atoms with van der Waals surface area (Å²) in [6, 6.07) is 7.06. The number of benzene rings is 1. The van der Waals surface area contributed by atoms with Crippen molar-refractivity contribution in [3.63, 3.8) is 0 Å². The first-order valence-electron chi connectivity index (χ1n) is 6.37. The number of ether oxygens (including phenoxy) is 2. The van der Waals surface area contributed by atoms with Gasteiger partial charge >= 0.3 is 0 Å². The molecule has 23 heavy (non-hydrogen) atoms. The van der Waals surface area contributed by atoms with Gasteiger partial charge in [-0.2, -0.15) is 0 Å². The number of amides is 1. The number of halogens is 1. The zero-order valence-electron chi connectivity index (χ0n) is 12.0. The maximum absolute atomic E-state index is 11.9. The molecular weight excluding hydrogens is 326 g/mol. The first kappa shape index (κ1) is 16.5. The van der Waals surface area contributed by atoms with Gasteiger partial charge in [-0.3, -0.25) is 14.9 Å². The highest BCUT2D eigenvalue weighted by atomic mass is 35.5. The third kappa shape index (κ3) is 4.30. The zero-order valence-corrected chi connectivity index (χ0v) is 12.7. The van der Waals surface area contributed by atoms with E-state index in [-0.39, 0.29) is 28.9 Å². The van der Waals surface area contributed by atoms with E-state index in [1.54, 1.807) is 12.1 Å². The van der Waals surface area contributed by atoms with Gasteiger partial charge in [-0.1, -0.05) is 11.6 Å². The van der Waals surface area contributed by atoms with E-state index in [0.717, 1.165) is 0 Å². The second kappa shape index (κ2) is 7.41. The number of hydrogen-bond donors (Lipinski definition) is 1. The molecule has 1 N–H and O–H groups in total. The summed E-state index contributed by atoms with van der Waals surface area (Å²) in [6.07, 6.45) is 1.49. The maximum Gasteiger partial charge on any atom is 0.273 e. The second-order valence-corrected chi connectivity index (χ2v) is 4.63. The van der Waals surface area contributed by atoms with Crippen LogP contribution in [0.25, 0.3) is 0 Å². The van der Waals surface area contributed by atoms with Crippen LogP contribution in [0, 0.1) is 10.1 Å². The van der Waals surface area contributed by atoms with Gasteiger partial charge in [0.2, 0.25) is 0 Å². The molecule has 0 saturated heterocycles. The molecule has 0 saturated carbocycles. The van der Waals surface area contributed by atoms with E-state index in [1.807, 2.05) is 0 Å². The number of anilines is 1. The molecule has 120 valence electrons. The highest BCUT2D eigenvalue weighted by molar-refractivity contribution is 6.32. The monoisotopic (exact) mass is 337 g/mol. The van der Waals surface area contributed by atoms with Crippen LogP contribution in [0.2, 0.25) is 5.15 Å². The molecule has 0 aliphatic rings. The van der Waals surface area contributed by atoms with Gasteiger partial charge in [0.25, 0.3) is 11.6 Å². The van der Waals surface area contributed by atoms with E-state index in [4.69, 9.17) is 21.1 Å². The molecule has 9 heteroatoms. The van der Waals surface area contributed by atoms with E-state index >= 15 is 0 Å². The first-order valence-corrected chi connectivity index (χ1v) is 6.74. The highest BCUT2D eigenvalue weighted by Crippen LogP contribution is 2.31. The molecule has 1 amide bonds. The smallest absolute Gasteiger partial charge is 0.273 e. The Bertz CT molecular complexity index is 738. The van der Waals surface area contributed by atoms with Crippen LogP contribution >= 0.6 is 11.6 Å². The molecule has 1 aromatic carbocycles. The van der Waals surface area contributed by atoms with Crippen molar-refractivity contribution in [1.29, 1.82) is 0 Å². The topological polar surface area (TPSA) is 104 Å². The molecule has 0 spiro atoms. The minimum atomic E-state index is -0.568. The molecule has 0 fully saturated rings. The molecule has 8 nitrogen and oxygen atoms in total. The average Bonchev–Trinajstić information content (AvgIpc) is 2.54. The number of rotatable bonds is 6. The highest BCUT2D eigenvalue weighted by Gasteiger charge is 2.14. The predicted molar refractivity (Wildman–Crippen MR) is 83.0 cm³/mol. The lowest BCUT2D eigenvalue weighted by Crippen LogP contribution is -2.20. The van der Waals surface area contributed by atoms with Gasteiger partial charge in [0.15, 0.2) is 23.3 Å². The number of carbonyl (C=O) groups excluding carboxylic acids is 1. The van der Waals surface area contributed by atoms with E-state index in [9.17, 15) is 14.9 Å². The number of non-ortho nitro benzene ring substituents is 1. The Morgan fingerprint density at radius 1 is 1.39 bits per heavy atom. The average molecular weight is 338 g/mol. The standard InChI is InChI=1S/C14H12ClN3O5/c1-22-11-5-4-9(18(20)21)7-12(11)23-8-13(19)17-10-3-2-6-16-14(10)15/h2-7H,8H2,1H3,(H,17,19). The second-order valence-electron chi connectivity index (χ2n) is 4.27. The number of hydrogen-bond acceptors (Lipinski definition) is 6. The Labute approximate surface area is 136 Å². The van der Waals surface area contributed by atoms with Gasteiger partial charge in [0.05, 0.1) is 23.8 Å². The summed E-state index contributed by atoms with van der Waals surface area (Å²) in [4.78, 5) is 25.9. The Hall–Kier alpha value is -2.87. The molecule has 0 bridgehead atoms. The molecular formula is C14H12ClN3O5. The van der Waals surface area contributed by atoms with Crippen molar-refractivity contribution >= 4 is 28.9 Å². The number of aromatic nitrogens is 1. The van der Waals surface area contributed by atoms with Crippen molar-refractivity contribution in [1.82, 2.24) is 4.98 Å². The SMILES string of the molecule is COc1ccc([N+](=O)[O-])cc1OCC(=O)Nc1cccnc1Cl. The summed E-state index contributed by atoms with van der Waals surface area (Å²) in [5.74, 6) is -0.120. The minimum Gasteiger partial charge on any atom is -0.493 e. The van der Waals surface area contributed by atoms with Crippen LogP contribution in [0.3, 0.4) is 0 Å². The van der Waals surface area contributed by atoms with Crippen LogP contribution in [0.15, 0.2) is 36.5 Å². The summed E-state index contributed by atoms with van der Waals surface area (Å²) < 4.78 is 10.3. The van der Waals surface area contributed by atoms with Gasteiger partial charge in [-0.25, -0.2) is 4.98 Å². The Morgan fingerprint density at radius 3 is 2.83 bits per heavy atom. The molecule has 2 rings (SSSR count). The van der Waals surface area contributed by atoms with Gasteiger partial charge in [0.1, 0.15) is 0 Å². The van der Waals surface area contributed by atoms with Crippen molar-refractivity contribution in [2.24, 2.45) is 0 Å². The third-order valence-electron chi connectivity index (χ3n) is 2.75. The summed E-state index contributed by atoms with van der Waals surface area (Å²) >= 11 is 5.83. The fraction of sp³-hybridized carbons (Fsp3) is 0.143. The lowest BCUT2D eigenvalue weighted by molar-refractivity contribution is -0.385. The van der Waals surface area contributed by atoms with Crippen LogP contribution in [0.4, 0.5) is 11.4 Å². The minimum absolute atomic E-state index is 0.0918. The maximum atomic E-state index is 11.9. The molecule has 0 aliphatic heterocycles. The summed E-state index contributed by atoms with van der Waals surface area (Å²) in [5, 5.41) is 13.4. The molecule has 0 unspecified atom stereocenters. The van der Waals surface area contributed by atoms with Crippen molar-refractivity contribution in [2.75, 3.05) is 19.0 Å². The summed E-state index contributed by atoms with van der Waals surface area (Å²) in [5.41, 5.74) is 0.172. The van der Waals surface area contributed by atoms with Crippen LogP contribution in [-0.4, -0.2) is 29.5 Å². The number of nitro benzene ring substituents is 1. The lowest BCUT2D eigenvalue weighted by atomic mass is 10.3. The zero-order chi connectivity index (χ0) is 16.8. The van der Waals surface area contributed by atoms with Crippen molar-refractivity contribution in [2.45, 2.75) is 0 Å². The number of methoxy groups -OCH3 is 1. The van der Waals surface area contributed by atoms with Crippen LogP contribution < -0.4 is 14.8 Å². The lowest BCUT2D eigenvalue weighted by Gasteiger charge is -2.11. The van der Waals surface area contributed by atoms with E-state index < -0.39 is 10.8 Å². The van der Waals surface area contributed by atoms with E-state index in [2.05, 4.69) is 10.3 Å². The molecule has 0 radical (unpaired) electrons. The molecule has 2 aromatic rings. The van der Waals surface area contributed by atoms with Gasteiger partial charge in [-0.05, 0) is 18.2 Å². The third-order valence-corrected chi connectivity index (χ3v) is 3.05.